The van der Waals surface area contributed by atoms with Crippen LogP contribution in [0.3, 0.4) is 0 Å². The van der Waals surface area contributed by atoms with E-state index < -0.39 is 0 Å². The van der Waals surface area contributed by atoms with Gasteiger partial charge in [0.25, 0.3) is 0 Å². The molecule has 5 heteroatoms. The van der Waals surface area contributed by atoms with Gasteiger partial charge in [0, 0.05) is 10.2 Å². The van der Waals surface area contributed by atoms with Crippen LogP contribution in [0.2, 0.25) is 0 Å². The van der Waals surface area contributed by atoms with Crippen LogP contribution < -0.4 is 15.4 Å². The Bertz CT molecular complexity index is 763. The summed E-state index contributed by atoms with van der Waals surface area (Å²) >= 11 is 9.03. The summed E-state index contributed by atoms with van der Waals surface area (Å²) in [6, 6.07) is 12.7. The van der Waals surface area contributed by atoms with Gasteiger partial charge in [0.15, 0.2) is 5.11 Å². The van der Waals surface area contributed by atoms with Crippen molar-refractivity contribution >= 4 is 38.9 Å². The Hall–Kier alpha value is -1.59. The fraction of sp³-hybridized carbons (Fsp3) is 0.316. The number of thiocarbonyl (C=S) groups is 1. The van der Waals surface area contributed by atoms with Crippen molar-refractivity contribution < 1.29 is 4.74 Å². The Morgan fingerprint density at radius 3 is 2.83 bits per heavy atom. The number of aryl methyl sites for hydroxylation is 2. The molecule has 0 bridgehead atoms. The molecular weight excluding hydrogens is 384 g/mol. The van der Waals surface area contributed by atoms with E-state index in [-0.39, 0.29) is 6.04 Å². The lowest BCUT2D eigenvalue weighted by atomic mass is 9.87. The van der Waals surface area contributed by atoms with Crippen molar-refractivity contribution in [2.45, 2.75) is 32.2 Å². The van der Waals surface area contributed by atoms with Crippen LogP contribution >= 0.6 is 28.1 Å². The predicted molar refractivity (Wildman–Crippen MR) is 107 cm³/mol. The zero-order valence-electron chi connectivity index (χ0n) is 13.9. The largest absolute Gasteiger partial charge is 0.497 e. The zero-order valence-corrected chi connectivity index (χ0v) is 16.3. The van der Waals surface area contributed by atoms with Gasteiger partial charge in [-0.25, -0.2) is 0 Å². The number of methoxy groups -OCH3 is 1. The number of hydrogen-bond acceptors (Lipinski definition) is 2. The van der Waals surface area contributed by atoms with E-state index in [9.17, 15) is 0 Å². The van der Waals surface area contributed by atoms with Crippen molar-refractivity contribution in [1.29, 1.82) is 0 Å². The summed E-state index contributed by atoms with van der Waals surface area (Å²) in [6.07, 6.45) is 3.33. The fourth-order valence-electron chi connectivity index (χ4n) is 3.12. The van der Waals surface area contributed by atoms with Gasteiger partial charge < -0.3 is 15.4 Å². The Morgan fingerprint density at radius 2 is 2.08 bits per heavy atom. The van der Waals surface area contributed by atoms with E-state index in [1.54, 1.807) is 7.11 Å². The molecule has 0 heterocycles. The molecule has 0 aliphatic heterocycles. The average molecular weight is 405 g/mol. The second kappa shape index (κ2) is 7.53. The molecule has 3 rings (SSSR count). The fourth-order valence-corrected chi connectivity index (χ4v) is 3.62. The number of nitrogens with one attached hydrogen (secondary N) is 2. The highest BCUT2D eigenvalue weighted by atomic mass is 79.9. The molecule has 2 aromatic carbocycles. The molecule has 0 saturated carbocycles. The summed E-state index contributed by atoms with van der Waals surface area (Å²) in [5.41, 5.74) is 4.84. The van der Waals surface area contributed by atoms with Gasteiger partial charge in [0.05, 0.1) is 13.2 Å². The average Bonchev–Trinajstić information content (AvgIpc) is 2.58. The summed E-state index contributed by atoms with van der Waals surface area (Å²) in [5, 5.41) is 7.41. The molecule has 1 aliphatic carbocycles. The normalized spacial score (nSPS) is 16.2. The maximum atomic E-state index is 5.51. The zero-order chi connectivity index (χ0) is 17.1. The van der Waals surface area contributed by atoms with Crippen molar-refractivity contribution in [3.63, 3.8) is 0 Å². The molecule has 3 nitrogen and oxygen atoms in total. The van der Waals surface area contributed by atoms with Gasteiger partial charge >= 0.3 is 0 Å². The molecule has 0 amide bonds. The summed E-state index contributed by atoms with van der Waals surface area (Å²) in [7, 11) is 1.71. The number of halogens is 1. The molecule has 0 unspecified atom stereocenters. The first-order valence-corrected chi connectivity index (χ1v) is 9.27. The van der Waals surface area contributed by atoms with Crippen LogP contribution in [0, 0.1) is 6.92 Å². The van der Waals surface area contributed by atoms with Crippen molar-refractivity contribution in [2.75, 3.05) is 12.4 Å². The van der Waals surface area contributed by atoms with Crippen LogP contribution in [-0.2, 0) is 6.42 Å². The van der Waals surface area contributed by atoms with E-state index in [0.29, 0.717) is 5.11 Å². The third-order valence-corrected chi connectivity index (χ3v) is 5.50. The third-order valence-electron chi connectivity index (χ3n) is 4.39. The van der Waals surface area contributed by atoms with Crippen molar-refractivity contribution in [3.8, 4) is 5.75 Å². The lowest BCUT2D eigenvalue weighted by Gasteiger charge is -2.28. The number of benzene rings is 2. The predicted octanol–water partition coefficient (Wildman–Crippen LogP) is 5.13. The highest BCUT2D eigenvalue weighted by molar-refractivity contribution is 9.10. The van der Waals surface area contributed by atoms with E-state index in [2.05, 4.69) is 51.7 Å². The summed E-state index contributed by atoms with van der Waals surface area (Å²) < 4.78 is 6.43. The Morgan fingerprint density at radius 1 is 1.25 bits per heavy atom. The molecule has 24 heavy (non-hydrogen) atoms. The summed E-state index contributed by atoms with van der Waals surface area (Å²) in [6.45, 7) is 2.07. The molecule has 0 aromatic heterocycles. The highest BCUT2D eigenvalue weighted by Gasteiger charge is 2.21. The summed E-state index contributed by atoms with van der Waals surface area (Å²) in [4.78, 5) is 0. The molecule has 2 aromatic rings. The van der Waals surface area contributed by atoms with Crippen molar-refractivity contribution in [2.24, 2.45) is 0 Å². The Labute approximate surface area is 156 Å². The quantitative estimate of drug-likeness (QED) is 0.694. The van der Waals surface area contributed by atoms with Gasteiger partial charge in [0.2, 0.25) is 0 Å². The SMILES string of the molecule is COc1ccc2c(c1)CCC[C@H]2NC(=S)Nc1ccc(Br)c(C)c1. The van der Waals surface area contributed by atoms with Crippen LogP contribution in [0.1, 0.15) is 35.6 Å². The second-order valence-electron chi connectivity index (χ2n) is 6.07. The van der Waals surface area contributed by atoms with Crippen molar-refractivity contribution in [3.05, 3.63) is 57.6 Å². The number of ether oxygens (including phenoxy) is 1. The van der Waals surface area contributed by atoms with E-state index in [1.165, 1.54) is 16.7 Å². The first kappa shape index (κ1) is 17.2. The number of anilines is 1. The first-order chi connectivity index (χ1) is 11.6. The maximum Gasteiger partial charge on any atom is 0.171 e. The van der Waals surface area contributed by atoms with Gasteiger partial charge in [-0.2, -0.15) is 0 Å². The molecule has 0 radical (unpaired) electrons. The second-order valence-corrected chi connectivity index (χ2v) is 7.33. The lowest BCUT2D eigenvalue weighted by molar-refractivity contribution is 0.412. The van der Waals surface area contributed by atoms with Crippen LogP contribution in [0.15, 0.2) is 40.9 Å². The summed E-state index contributed by atoms with van der Waals surface area (Å²) in [5.74, 6) is 0.917. The molecule has 1 atom stereocenters. The van der Waals surface area contributed by atoms with Crippen LogP contribution in [0.25, 0.3) is 0 Å². The number of fused-ring (bicyclic) bond motifs is 1. The van der Waals surface area contributed by atoms with E-state index in [0.717, 1.165) is 35.2 Å². The van der Waals surface area contributed by atoms with Gasteiger partial charge in [0.1, 0.15) is 5.75 Å². The van der Waals surface area contributed by atoms with E-state index in [4.69, 9.17) is 17.0 Å². The first-order valence-electron chi connectivity index (χ1n) is 8.07. The molecule has 1 aliphatic rings. The Balaban J connectivity index is 1.70. The maximum absolute atomic E-state index is 5.51. The van der Waals surface area contributed by atoms with Gasteiger partial charge in [-0.05, 0) is 85.4 Å². The molecule has 0 fully saturated rings. The standard InChI is InChI=1S/C19H21BrN2OS/c1-12-10-14(6-9-17(12)20)21-19(24)22-18-5-3-4-13-11-15(23-2)7-8-16(13)18/h6-11,18H,3-5H2,1-2H3,(H2,21,22,24)/t18-/m1/s1. The molecule has 2 N–H and O–H groups in total. The minimum atomic E-state index is 0.246. The van der Waals surface area contributed by atoms with E-state index >= 15 is 0 Å². The molecule has 0 spiro atoms. The van der Waals surface area contributed by atoms with Gasteiger partial charge in [-0.1, -0.05) is 22.0 Å². The van der Waals surface area contributed by atoms with E-state index in [1.807, 2.05) is 18.2 Å². The highest BCUT2D eigenvalue weighted by Crippen LogP contribution is 2.32. The number of hydrogen-bond donors (Lipinski definition) is 2. The van der Waals surface area contributed by atoms with Crippen LogP contribution in [0.5, 0.6) is 5.75 Å². The molecule has 0 saturated heterocycles. The van der Waals surface area contributed by atoms with Crippen LogP contribution in [0.4, 0.5) is 5.69 Å². The monoisotopic (exact) mass is 404 g/mol. The van der Waals surface area contributed by atoms with Crippen molar-refractivity contribution in [1.82, 2.24) is 5.32 Å². The number of rotatable bonds is 3. The topological polar surface area (TPSA) is 33.3 Å². The minimum absolute atomic E-state index is 0.246. The molecular formula is C19H21BrN2OS. The minimum Gasteiger partial charge on any atom is -0.497 e. The lowest BCUT2D eigenvalue weighted by Crippen LogP contribution is -2.34. The van der Waals surface area contributed by atoms with Gasteiger partial charge in [-0.15, -0.1) is 0 Å². The third kappa shape index (κ3) is 3.90. The molecule has 126 valence electrons. The Kier molecular flexibility index (Phi) is 5.41. The van der Waals surface area contributed by atoms with Crippen LogP contribution in [-0.4, -0.2) is 12.2 Å². The smallest absolute Gasteiger partial charge is 0.171 e. The van der Waals surface area contributed by atoms with Gasteiger partial charge in [-0.3, -0.25) is 0 Å².